The van der Waals surface area contributed by atoms with Crippen LogP contribution in [0.15, 0.2) is 18.3 Å². The molecule has 0 aromatic carbocycles. The number of aryl methyl sites for hydroxylation is 1. The third-order valence-electron chi connectivity index (χ3n) is 3.11. The van der Waals surface area contributed by atoms with Crippen molar-refractivity contribution in [1.29, 1.82) is 0 Å². The molecule has 1 aliphatic heterocycles. The Morgan fingerprint density at radius 1 is 1.33 bits per heavy atom. The fourth-order valence-corrected chi connectivity index (χ4v) is 2.41. The van der Waals surface area contributed by atoms with Gasteiger partial charge in [-0.3, -0.25) is 4.98 Å². The summed E-state index contributed by atoms with van der Waals surface area (Å²) < 4.78 is 0. The molecule has 0 saturated heterocycles. The molecule has 0 bridgehead atoms. The van der Waals surface area contributed by atoms with Gasteiger partial charge in [-0.1, -0.05) is 11.6 Å². The Hall–Kier alpha value is -1.52. The van der Waals surface area contributed by atoms with E-state index in [1.807, 2.05) is 6.92 Å². The van der Waals surface area contributed by atoms with Crippen molar-refractivity contribution in [3.8, 4) is 11.5 Å². The van der Waals surface area contributed by atoms with Crippen LogP contribution >= 0.6 is 11.6 Å². The van der Waals surface area contributed by atoms with Crippen LogP contribution in [-0.4, -0.2) is 21.5 Å². The van der Waals surface area contributed by atoms with Gasteiger partial charge < -0.3 is 5.32 Å². The van der Waals surface area contributed by atoms with Crippen molar-refractivity contribution in [2.24, 2.45) is 0 Å². The van der Waals surface area contributed by atoms with Gasteiger partial charge in [-0.25, -0.2) is 9.97 Å². The minimum absolute atomic E-state index is 0.584. The third-order valence-corrected chi connectivity index (χ3v) is 3.42. The Balaban J connectivity index is 2.14. The van der Waals surface area contributed by atoms with Gasteiger partial charge in [-0.2, -0.15) is 0 Å². The van der Waals surface area contributed by atoms with Crippen molar-refractivity contribution in [2.45, 2.75) is 19.9 Å². The highest BCUT2D eigenvalue weighted by molar-refractivity contribution is 6.32. The number of nitrogens with one attached hydrogen (secondary N) is 1. The maximum atomic E-state index is 6.14. The van der Waals surface area contributed by atoms with E-state index in [-0.39, 0.29) is 0 Å². The highest BCUT2D eigenvalue weighted by Crippen LogP contribution is 2.24. The lowest BCUT2D eigenvalue weighted by Gasteiger charge is -2.18. The molecule has 0 atom stereocenters. The summed E-state index contributed by atoms with van der Waals surface area (Å²) in [5, 5.41) is 3.90. The van der Waals surface area contributed by atoms with Crippen molar-refractivity contribution in [3.63, 3.8) is 0 Å². The number of pyridine rings is 1. The summed E-state index contributed by atoms with van der Waals surface area (Å²) in [6.45, 7) is 3.79. The van der Waals surface area contributed by atoms with Gasteiger partial charge in [-0.15, -0.1) is 0 Å². The molecule has 5 heteroatoms. The second-order valence-electron chi connectivity index (χ2n) is 4.32. The molecule has 2 aromatic heterocycles. The maximum absolute atomic E-state index is 6.14. The molecular formula is C13H13ClN4. The summed E-state index contributed by atoms with van der Waals surface area (Å²) in [7, 11) is 0. The van der Waals surface area contributed by atoms with Crippen molar-refractivity contribution in [2.75, 3.05) is 6.54 Å². The first-order chi connectivity index (χ1) is 8.75. The van der Waals surface area contributed by atoms with E-state index in [0.717, 1.165) is 30.9 Å². The molecular weight excluding hydrogens is 248 g/mol. The zero-order valence-electron chi connectivity index (χ0n) is 10.1. The van der Waals surface area contributed by atoms with Gasteiger partial charge in [0.25, 0.3) is 0 Å². The Kier molecular flexibility index (Phi) is 2.97. The van der Waals surface area contributed by atoms with E-state index in [9.17, 15) is 0 Å². The maximum Gasteiger partial charge on any atom is 0.180 e. The lowest BCUT2D eigenvalue weighted by Crippen LogP contribution is -2.26. The first-order valence-corrected chi connectivity index (χ1v) is 6.31. The second kappa shape index (κ2) is 4.63. The normalized spacial score (nSPS) is 14.3. The number of hydrogen-bond donors (Lipinski definition) is 1. The molecule has 0 spiro atoms. The van der Waals surface area contributed by atoms with Crippen LogP contribution in [0.1, 0.15) is 17.0 Å². The molecule has 0 fully saturated rings. The van der Waals surface area contributed by atoms with Gasteiger partial charge in [0.05, 0.1) is 10.7 Å². The first kappa shape index (κ1) is 11.6. The number of nitrogens with zero attached hydrogens (tertiary/aromatic N) is 3. The first-order valence-electron chi connectivity index (χ1n) is 5.93. The number of rotatable bonds is 1. The van der Waals surface area contributed by atoms with E-state index in [4.69, 9.17) is 11.6 Å². The molecule has 92 valence electrons. The second-order valence-corrected chi connectivity index (χ2v) is 4.73. The topological polar surface area (TPSA) is 50.7 Å². The zero-order valence-corrected chi connectivity index (χ0v) is 10.8. The van der Waals surface area contributed by atoms with Crippen molar-refractivity contribution in [1.82, 2.24) is 20.3 Å². The lowest BCUT2D eigenvalue weighted by molar-refractivity contribution is 0.620. The smallest absolute Gasteiger partial charge is 0.180 e. The van der Waals surface area contributed by atoms with Crippen LogP contribution in [-0.2, 0) is 13.0 Å². The summed E-state index contributed by atoms with van der Waals surface area (Å²) >= 11 is 6.14. The molecule has 0 saturated carbocycles. The Morgan fingerprint density at radius 2 is 2.22 bits per heavy atom. The van der Waals surface area contributed by atoms with Crippen LogP contribution in [0.2, 0.25) is 5.02 Å². The summed E-state index contributed by atoms with van der Waals surface area (Å²) in [6.07, 6.45) is 2.69. The minimum atomic E-state index is 0.584. The van der Waals surface area contributed by atoms with E-state index in [1.54, 1.807) is 18.3 Å². The number of hydrogen-bond acceptors (Lipinski definition) is 4. The minimum Gasteiger partial charge on any atom is -0.311 e. The van der Waals surface area contributed by atoms with Gasteiger partial charge in [0.15, 0.2) is 5.82 Å². The average Bonchev–Trinajstić information content (AvgIpc) is 2.39. The summed E-state index contributed by atoms with van der Waals surface area (Å²) in [6, 6.07) is 3.61. The van der Waals surface area contributed by atoms with Crippen LogP contribution in [0.5, 0.6) is 0 Å². The molecule has 1 N–H and O–H groups in total. The van der Waals surface area contributed by atoms with Crippen molar-refractivity contribution in [3.05, 3.63) is 40.3 Å². The van der Waals surface area contributed by atoms with Crippen LogP contribution in [0.25, 0.3) is 11.5 Å². The molecule has 3 rings (SSSR count). The number of aromatic nitrogens is 3. The highest BCUT2D eigenvalue weighted by Gasteiger charge is 2.17. The molecule has 0 radical (unpaired) electrons. The van der Waals surface area contributed by atoms with Gasteiger partial charge in [0.1, 0.15) is 5.69 Å². The van der Waals surface area contributed by atoms with Crippen LogP contribution in [0.3, 0.4) is 0 Å². The van der Waals surface area contributed by atoms with E-state index >= 15 is 0 Å². The zero-order chi connectivity index (χ0) is 12.5. The van der Waals surface area contributed by atoms with Crippen molar-refractivity contribution >= 4 is 11.6 Å². The molecule has 1 aliphatic rings. The van der Waals surface area contributed by atoms with Crippen molar-refractivity contribution < 1.29 is 0 Å². The fraction of sp³-hybridized carbons (Fsp3) is 0.308. The summed E-state index contributed by atoms with van der Waals surface area (Å²) in [5.41, 5.74) is 3.99. The predicted molar refractivity (Wildman–Crippen MR) is 70.4 cm³/mol. The predicted octanol–water partition coefficient (Wildman–Crippen LogP) is 2.15. The van der Waals surface area contributed by atoms with Crippen LogP contribution < -0.4 is 5.32 Å². The highest BCUT2D eigenvalue weighted by atomic mass is 35.5. The van der Waals surface area contributed by atoms with Gasteiger partial charge in [0, 0.05) is 18.4 Å². The molecule has 0 unspecified atom stereocenters. The van der Waals surface area contributed by atoms with E-state index in [1.165, 1.54) is 5.56 Å². The average molecular weight is 261 g/mol. The molecule has 4 nitrogen and oxygen atoms in total. The number of halogens is 1. The fourth-order valence-electron chi connectivity index (χ4n) is 2.20. The van der Waals surface area contributed by atoms with E-state index in [0.29, 0.717) is 16.5 Å². The molecule has 0 amide bonds. The van der Waals surface area contributed by atoms with Gasteiger partial charge in [0.2, 0.25) is 0 Å². The third kappa shape index (κ3) is 1.98. The molecule has 2 aromatic rings. The molecule has 0 aliphatic carbocycles. The number of fused-ring (bicyclic) bond motifs is 1. The van der Waals surface area contributed by atoms with Crippen LogP contribution in [0.4, 0.5) is 0 Å². The molecule has 3 heterocycles. The SMILES string of the molecule is Cc1nc(-c2ncccc2Cl)nc2c1CCNC2. The summed E-state index contributed by atoms with van der Waals surface area (Å²) in [5.74, 6) is 0.612. The standard InChI is InChI=1S/C13H13ClN4/c1-8-9-4-6-15-7-11(9)18-13(17-8)12-10(14)3-2-5-16-12/h2-3,5,15H,4,6-7H2,1H3. The Labute approximate surface area is 110 Å². The summed E-state index contributed by atoms with van der Waals surface area (Å²) in [4.78, 5) is 13.4. The quantitative estimate of drug-likeness (QED) is 0.854. The van der Waals surface area contributed by atoms with Gasteiger partial charge >= 0.3 is 0 Å². The van der Waals surface area contributed by atoms with E-state index in [2.05, 4.69) is 20.3 Å². The lowest BCUT2D eigenvalue weighted by atomic mass is 10.0. The van der Waals surface area contributed by atoms with Crippen LogP contribution in [0, 0.1) is 6.92 Å². The Bertz CT molecular complexity index is 598. The largest absolute Gasteiger partial charge is 0.311 e. The van der Waals surface area contributed by atoms with E-state index < -0.39 is 0 Å². The monoisotopic (exact) mass is 260 g/mol. The van der Waals surface area contributed by atoms with Gasteiger partial charge in [-0.05, 0) is 37.6 Å². The molecule has 18 heavy (non-hydrogen) atoms. The Morgan fingerprint density at radius 3 is 3.06 bits per heavy atom.